The molecule has 0 saturated heterocycles. The summed E-state index contributed by atoms with van der Waals surface area (Å²) < 4.78 is 11.8. The lowest BCUT2D eigenvalue weighted by atomic mass is 10.0. The SMILES string of the molecule is O=C(O)C(NC1CCCC1)c1cc(Br)c2c(c1)OCCO2. The number of hydrogen-bond donors (Lipinski definition) is 2. The molecule has 5 nitrogen and oxygen atoms in total. The van der Waals surface area contributed by atoms with Crippen LogP contribution in [0.25, 0.3) is 0 Å². The van der Waals surface area contributed by atoms with Crippen molar-refractivity contribution < 1.29 is 19.4 Å². The molecule has 2 aliphatic rings. The van der Waals surface area contributed by atoms with Crippen molar-refractivity contribution in [3.63, 3.8) is 0 Å². The number of rotatable bonds is 4. The fourth-order valence-corrected chi connectivity index (χ4v) is 3.51. The molecule has 114 valence electrons. The van der Waals surface area contributed by atoms with Gasteiger partial charge in [-0.1, -0.05) is 12.8 Å². The molecule has 1 aromatic carbocycles. The highest BCUT2D eigenvalue weighted by Gasteiger charge is 2.27. The van der Waals surface area contributed by atoms with Crippen molar-refractivity contribution in [1.82, 2.24) is 5.32 Å². The molecule has 1 heterocycles. The third-order valence-electron chi connectivity index (χ3n) is 3.96. The van der Waals surface area contributed by atoms with Gasteiger partial charge in [0.2, 0.25) is 0 Å². The van der Waals surface area contributed by atoms with Crippen LogP contribution < -0.4 is 14.8 Å². The molecule has 0 radical (unpaired) electrons. The third kappa shape index (κ3) is 3.16. The van der Waals surface area contributed by atoms with Crippen LogP contribution in [0, 0.1) is 0 Å². The quantitative estimate of drug-likeness (QED) is 0.868. The average Bonchev–Trinajstić information content (AvgIpc) is 2.97. The topological polar surface area (TPSA) is 67.8 Å². The van der Waals surface area contributed by atoms with E-state index in [4.69, 9.17) is 9.47 Å². The average molecular weight is 356 g/mol. The Labute approximate surface area is 131 Å². The minimum absolute atomic E-state index is 0.276. The number of carboxylic acid groups (broad SMARTS) is 1. The van der Waals surface area contributed by atoms with Gasteiger partial charge in [0.25, 0.3) is 0 Å². The molecule has 2 N–H and O–H groups in total. The van der Waals surface area contributed by atoms with Gasteiger partial charge in [0.1, 0.15) is 19.3 Å². The summed E-state index contributed by atoms with van der Waals surface area (Å²) in [7, 11) is 0. The van der Waals surface area contributed by atoms with Crippen LogP contribution in [0.1, 0.15) is 37.3 Å². The Balaban J connectivity index is 1.88. The van der Waals surface area contributed by atoms with Gasteiger partial charge in [-0.05, 0) is 46.5 Å². The summed E-state index contributed by atoms with van der Waals surface area (Å²) in [4.78, 5) is 11.6. The molecular formula is C15H18BrNO4. The predicted molar refractivity (Wildman–Crippen MR) is 80.9 cm³/mol. The Hall–Kier alpha value is -1.27. The molecule has 6 heteroatoms. The Bertz CT molecular complexity index is 543. The summed E-state index contributed by atoms with van der Waals surface area (Å²) in [6.07, 6.45) is 4.40. The first-order valence-corrected chi connectivity index (χ1v) is 8.02. The Morgan fingerprint density at radius 3 is 2.71 bits per heavy atom. The van der Waals surface area contributed by atoms with Crippen LogP contribution in [0.5, 0.6) is 11.5 Å². The summed E-state index contributed by atoms with van der Waals surface area (Å²) in [5, 5.41) is 12.8. The van der Waals surface area contributed by atoms with Crippen LogP contribution in [-0.4, -0.2) is 30.3 Å². The molecule has 1 aliphatic heterocycles. The number of halogens is 1. The fraction of sp³-hybridized carbons (Fsp3) is 0.533. The summed E-state index contributed by atoms with van der Waals surface area (Å²) in [5.41, 5.74) is 0.686. The number of nitrogens with one attached hydrogen (secondary N) is 1. The van der Waals surface area contributed by atoms with E-state index in [9.17, 15) is 9.90 Å². The van der Waals surface area contributed by atoms with Crippen molar-refractivity contribution in [1.29, 1.82) is 0 Å². The monoisotopic (exact) mass is 355 g/mol. The molecule has 0 aromatic heterocycles. The number of fused-ring (bicyclic) bond motifs is 1. The van der Waals surface area contributed by atoms with E-state index in [1.54, 1.807) is 12.1 Å². The van der Waals surface area contributed by atoms with E-state index in [1.165, 1.54) is 0 Å². The summed E-state index contributed by atoms with van der Waals surface area (Å²) in [6, 6.07) is 3.12. The van der Waals surface area contributed by atoms with Gasteiger partial charge in [0.05, 0.1) is 4.47 Å². The van der Waals surface area contributed by atoms with E-state index in [2.05, 4.69) is 21.2 Å². The van der Waals surface area contributed by atoms with Gasteiger partial charge in [-0.25, -0.2) is 0 Å². The van der Waals surface area contributed by atoms with E-state index in [1.807, 2.05) is 0 Å². The van der Waals surface area contributed by atoms with Gasteiger partial charge < -0.3 is 14.6 Å². The van der Waals surface area contributed by atoms with Crippen molar-refractivity contribution in [2.75, 3.05) is 13.2 Å². The maximum Gasteiger partial charge on any atom is 0.325 e. The van der Waals surface area contributed by atoms with E-state index < -0.39 is 12.0 Å². The molecular weight excluding hydrogens is 338 g/mol. The molecule has 1 aromatic rings. The lowest BCUT2D eigenvalue weighted by Crippen LogP contribution is -2.35. The van der Waals surface area contributed by atoms with Crippen molar-refractivity contribution in [2.24, 2.45) is 0 Å². The first kappa shape index (κ1) is 14.7. The summed E-state index contributed by atoms with van der Waals surface area (Å²) in [5.74, 6) is 0.380. The second-order valence-corrected chi connectivity index (χ2v) is 6.30. The fourth-order valence-electron chi connectivity index (χ4n) is 2.94. The molecule has 1 atom stereocenters. The number of hydrogen-bond acceptors (Lipinski definition) is 4. The molecule has 1 fully saturated rings. The molecule has 3 rings (SSSR count). The van der Waals surface area contributed by atoms with Gasteiger partial charge in [-0.15, -0.1) is 0 Å². The highest BCUT2D eigenvalue weighted by Crippen LogP contribution is 2.40. The second-order valence-electron chi connectivity index (χ2n) is 5.45. The van der Waals surface area contributed by atoms with E-state index in [0.717, 1.165) is 30.2 Å². The van der Waals surface area contributed by atoms with Crippen LogP contribution in [-0.2, 0) is 4.79 Å². The van der Waals surface area contributed by atoms with Crippen LogP contribution in [0.3, 0.4) is 0 Å². The maximum absolute atomic E-state index is 11.6. The normalized spacial score (nSPS) is 19.5. The number of carbonyl (C=O) groups is 1. The molecule has 1 aliphatic carbocycles. The first-order chi connectivity index (χ1) is 10.1. The zero-order chi connectivity index (χ0) is 14.8. The Kier molecular flexibility index (Phi) is 4.35. The molecule has 0 bridgehead atoms. The van der Waals surface area contributed by atoms with Crippen molar-refractivity contribution in [3.05, 3.63) is 22.2 Å². The second kappa shape index (κ2) is 6.23. The minimum atomic E-state index is -0.870. The van der Waals surface area contributed by atoms with E-state index in [-0.39, 0.29) is 6.04 Å². The van der Waals surface area contributed by atoms with Crippen molar-refractivity contribution >= 4 is 21.9 Å². The first-order valence-electron chi connectivity index (χ1n) is 7.23. The van der Waals surface area contributed by atoms with E-state index >= 15 is 0 Å². The minimum Gasteiger partial charge on any atom is -0.486 e. The van der Waals surface area contributed by atoms with Crippen LogP contribution in [0.4, 0.5) is 0 Å². The van der Waals surface area contributed by atoms with Crippen LogP contribution >= 0.6 is 15.9 Å². The van der Waals surface area contributed by atoms with Gasteiger partial charge in [-0.3, -0.25) is 10.1 Å². The summed E-state index contributed by atoms with van der Waals surface area (Å²) >= 11 is 3.44. The van der Waals surface area contributed by atoms with Crippen molar-refractivity contribution in [2.45, 2.75) is 37.8 Å². The van der Waals surface area contributed by atoms with Gasteiger partial charge in [0.15, 0.2) is 11.5 Å². The van der Waals surface area contributed by atoms with Crippen LogP contribution in [0.2, 0.25) is 0 Å². The summed E-state index contributed by atoms with van der Waals surface area (Å²) in [6.45, 7) is 0.990. The standard InChI is InChI=1S/C15H18BrNO4/c16-11-7-9(8-12-14(11)21-6-5-20-12)13(15(18)19)17-10-3-1-2-4-10/h7-8,10,13,17H,1-6H2,(H,18,19). The smallest absolute Gasteiger partial charge is 0.325 e. The zero-order valence-electron chi connectivity index (χ0n) is 11.6. The Morgan fingerprint density at radius 1 is 1.29 bits per heavy atom. The molecule has 21 heavy (non-hydrogen) atoms. The Morgan fingerprint density at radius 2 is 2.00 bits per heavy atom. The highest BCUT2D eigenvalue weighted by molar-refractivity contribution is 9.10. The largest absolute Gasteiger partial charge is 0.486 e. The lowest BCUT2D eigenvalue weighted by molar-refractivity contribution is -0.139. The predicted octanol–water partition coefficient (Wildman–Crippen LogP) is 2.88. The molecule has 0 spiro atoms. The van der Waals surface area contributed by atoms with Crippen molar-refractivity contribution in [3.8, 4) is 11.5 Å². The zero-order valence-corrected chi connectivity index (χ0v) is 13.2. The van der Waals surface area contributed by atoms with Crippen LogP contribution in [0.15, 0.2) is 16.6 Å². The van der Waals surface area contributed by atoms with E-state index in [0.29, 0.717) is 30.3 Å². The third-order valence-corrected chi connectivity index (χ3v) is 4.55. The number of carboxylic acids is 1. The van der Waals surface area contributed by atoms with Gasteiger partial charge in [0, 0.05) is 6.04 Å². The molecule has 1 saturated carbocycles. The highest BCUT2D eigenvalue weighted by atomic mass is 79.9. The van der Waals surface area contributed by atoms with Gasteiger partial charge in [-0.2, -0.15) is 0 Å². The molecule has 0 amide bonds. The maximum atomic E-state index is 11.6. The number of benzene rings is 1. The number of ether oxygens (including phenoxy) is 2. The van der Waals surface area contributed by atoms with Gasteiger partial charge >= 0.3 is 5.97 Å². The molecule has 1 unspecified atom stereocenters. The lowest BCUT2D eigenvalue weighted by Gasteiger charge is -2.24. The number of aliphatic carboxylic acids is 1.